The lowest BCUT2D eigenvalue weighted by Gasteiger charge is -2.15. The molecule has 0 spiro atoms. The molecule has 1 aromatic carbocycles. The van der Waals surface area contributed by atoms with Crippen LogP contribution < -0.4 is 5.32 Å². The molecule has 19 heavy (non-hydrogen) atoms. The summed E-state index contributed by atoms with van der Waals surface area (Å²) in [6.07, 6.45) is 1.56. The monoisotopic (exact) mass is 257 g/mol. The van der Waals surface area contributed by atoms with Crippen molar-refractivity contribution in [3.8, 4) is 0 Å². The van der Waals surface area contributed by atoms with Gasteiger partial charge in [0, 0.05) is 19.9 Å². The predicted octanol–water partition coefficient (Wildman–Crippen LogP) is 2.32. The van der Waals surface area contributed by atoms with E-state index in [0.29, 0.717) is 5.82 Å². The third-order valence-electron chi connectivity index (χ3n) is 2.86. The lowest BCUT2D eigenvalue weighted by molar-refractivity contribution is 0.128. The Morgan fingerprint density at radius 1 is 1.21 bits per heavy atom. The van der Waals surface area contributed by atoms with Crippen LogP contribution in [0, 0.1) is 0 Å². The molecule has 1 unspecified atom stereocenters. The van der Waals surface area contributed by atoms with Crippen LogP contribution in [0.25, 0.3) is 0 Å². The fraction of sp³-hybridized carbons (Fsp3) is 0.333. The maximum absolute atomic E-state index is 5.54. The molecular formula is C15H19N3O. The van der Waals surface area contributed by atoms with Gasteiger partial charge in [0.1, 0.15) is 6.10 Å². The molecule has 0 bridgehead atoms. The van der Waals surface area contributed by atoms with E-state index in [1.165, 1.54) is 0 Å². The molecule has 100 valence electrons. The summed E-state index contributed by atoms with van der Waals surface area (Å²) in [7, 11) is 1.68. The summed E-state index contributed by atoms with van der Waals surface area (Å²) in [5, 5.41) is 3.26. The minimum Gasteiger partial charge on any atom is -0.369 e. The van der Waals surface area contributed by atoms with E-state index in [9.17, 15) is 0 Å². The Hall–Kier alpha value is -1.78. The van der Waals surface area contributed by atoms with E-state index in [2.05, 4.69) is 22.2 Å². The van der Waals surface area contributed by atoms with Gasteiger partial charge in [0.25, 0.3) is 0 Å². The second-order valence-electron chi connectivity index (χ2n) is 4.21. The first-order valence-corrected chi connectivity index (χ1v) is 6.45. The van der Waals surface area contributed by atoms with Crippen LogP contribution in [0.1, 0.15) is 30.1 Å². The Labute approximate surface area is 113 Å². The van der Waals surface area contributed by atoms with Gasteiger partial charge in [-0.3, -0.25) is 0 Å². The first-order chi connectivity index (χ1) is 9.35. The molecule has 0 fully saturated rings. The molecule has 1 heterocycles. The topological polar surface area (TPSA) is 47.0 Å². The van der Waals surface area contributed by atoms with Gasteiger partial charge in [-0.2, -0.15) is 0 Å². The summed E-state index contributed by atoms with van der Waals surface area (Å²) in [6.45, 7) is 3.74. The zero-order chi connectivity index (χ0) is 13.5. The van der Waals surface area contributed by atoms with E-state index >= 15 is 0 Å². The van der Waals surface area contributed by atoms with Gasteiger partial charge in [0.15, 0.2) is 5.82 Å². The highest BCUT2D eigenvalue weighted by atomic mass is 16.5. The average Bonchev–Trinajstić information content (AvgIpc) is 2.47. The molecule has 4 heteroatoms. The van der Waals surface area contributed by atoms with Crippen LogP contribution >= 0.6 is 0 Å². The van der Waals surface area contributed by atoms with E-state index in [0.717, 1.165) is 24.3 Å². The van der Waals surface area contributed by atoms with Gasteiger partial charge in [0.2, 0.25) is 0 Å². The number of methoxy groups -OCH3 is 1. The summed E-state index contributed by atoms with van der Waals surface area (Å²) in [6, 6.07) is 11.9. The number of ether oxygens (including phenoxy) is 1. The van der Waals surface area contributed by atoms with Crippen molar-refractivity contribution in [2.75, 3.05) is 13.7 Å². The number of benzene rings is 1. The fourth-order valence-electron chi connectivity index (χ4n) is 1.91. The van der Waals surface area contributed by atoms with Crippen molar-refractivity contribution in [2.45, 2.75) is 19.6 Å². The number of hydrogen-bond donors (Lipinski definition) is 1. The van der Waals surface area contributed by atoms with Gasteiger partial charge in [-0.15, -0.1) is 0 Å². The Bertz CT molecular complexity index is 502. The average molecular weight is 257 g/mol. The summed E-state index contributed by atoms with van der Waals surface area (Å²) >= 11 is 0. The van der Waals surface area contributed by atoms with Crippen molar-refractivity contribution < 1.29 is 4.74 Å². The molecule has 0 aliphatic carbocycles. The van der Waals surface area contributed by atoms with Crippen molar-refractivity contribution in [1.29, 1.82) is 0 Å². The molecule has 2 rings (SSSR count). The van der Waals surface area contributed by atoms with Crippen LogP contribution in [-0.4, -0.2) is 23.6 Å². The summed E-state index contributed by atoms with van der Waals surface area (Å²) in [5.74, 6) is 0.698. The van der Waals surface area contributed by atoms with Gasteiger partial charge in [-0.25, -0.2) is 9.97 Å². The molecule has 0 amide bonds. The van der Waals surface area contributed by atoms with Gasteiger partial charge in [0.05, 0.1) is 5.69 Å². The van der Waals surface area contributed by atoms with E-state index in [-0.39, 0.29) is 6.10 Å². The number of rotatable bonds is 6. The van der Waals surface area contributed by atoms with Crippen LogP contribution in [0.15, 0.2) is 42.6 Å². The zero-order valence-electron chi connectivity index (χ0n) is 11.3. The molecular weight excluding hydrogens is 238 g/mol. The second kappa shape index (κ2) is 6.97. The van der Waals surface area contributed by atoms with Crippen molar-refractivity contribution in [3.05, 3.63) is 59.7 Å². The molecule has 1 atom stereocenters. The summed E-state index contributed by atoms with van der Waals surface area (Å²) in [4.78, 5) is 8.89. The quantitative estimate of drug-likeness (QED) is 0.862. The molecule has 1 aromatic heterocycles. The second-order valence-corrected chi connectivity index (χ2v) is 4.21. The van der Waals surface area contributed by atoms with E-state index in [1.54, 1.807) is 13.3 Å². The lowest BCUT2D eigenvalue weighted by atomic mass is 10.1. The van der Waals surface area contributed by atoms with E-state index in [4.69, 9.17) is 4.74 Å². The molecule has 0 saturated carbocycles. The van der Waals surface area contributed by atoms with Crippen LogP contribution in [0.2, 0.25) is 0 Å². The van der Waals surface area contributed by atoms with Crippen molar-refractivity contribution in [3.63, 3.8) is 0 Å². The maximum atomic E-state index is 5.54. The molecule has 0 radical (unpaired) electrons. The standard InChI is InChI=1S/C15H19N3O/c1-3-16-11-13-9-10-17-15(18-13)14(19-2)12-7-5-4-6-8-12/h4-10,14,16H,3,11H2,1-2H3. The lowest BCUT2D eigenvalue weighted by Crippen LogP contribution is -2.15. The Morgan fingerprint density at radius 3 is 2.68 bits per heavy atom. The largest absolute Gasteiger partial charge is 0.369 e. The number of nitrogens with one attached hydrogen (secondary N) is 1. The summed E-state index contributed by atoms with van der Waals surface area (Å²) < 4.78 is 5.54. The fourth-order valence-corrected chi connectivity index (χ4v) is 1.91. The Balaban J connectivity index is 2.23. The van der Waals surface area contributed by atoms with Crippen molar-refractivity contribution >= 4 is 0 Å². The van der Waals surface area contributed by atoms with Crippen molar-refractivity contribution in [2.24, 2.45) is 0 Å². The molecule has 2 aromatic rings. The normalized spacial score (nSPS) is 12.3. The number of hydrogen-bond acceptors (Lipinski definition) is 4. The predicted molar refractivity (Wildman–Crippen MR) is 74.7 cm³/mol. The number of aromatic nitrogens is 2. The maximum Gasteiger partial charge on any atom is 0.162 e. The first-order valence-electron chi connectivity index (χ1n) is 6.45. The van der Waals surface area contributed by atoms with Gasteiger partial charge in [-0.1, -0.05) is 37.3 Å². The smallest absolute Gasteiger partial charge is 0.162 e. The minimum atomic E-state index is -0.220. The third kappa shape index (κ3) is 3.59. The number of nitrogens with zero attached hydrogens (tertiary/aromatic N) is 2. The Morgan fingerprint density at radius 2 is 2.00 bits per heavy atom. The van der Waals surface area contributed by atoms with Gasteiger partial charge >= 0.3 is 0 Å². The SMILES string of the molecule is CCNCc1ccnc(C(OC)c2ccccc2)n1. The molecule has 0 aliphatic rings. The zero-order valence-corrected chi connectivity index (χ0v) is 11.3. The van der Waals surface area contributed by atoms with Gasteiger partial charge in [-0.05, 0) is 18.2 Å². The van der Waals surface area contributed by atoms with E-state index in [1.807, 2.05) is 36.4 Å². The highest BCUT2D eigenvalue weighted by Gasteiger charge is 2.16. The van der Waals surface area contributed by atoms with Crippen LogP contribution in [0.5, 0.6) is 0 Å². The van der Waals surface area contributed by atoms with E-state index < -0.39 is 0 Å². The Kier molecular flexibility index (Phi) is 5.01. The molecule has 4 nitrogen and oxygen atoms in total. The van der Waals surface area contributed by atoms with Crippen LogP contribution in [0.4, 0.5) is 0 Å². The highest BCUT2D eigenvalue weighted by molar-refractivity contribution is 5.23. The molecule has 1 N–H and O–H groups in total. The van der Waals surface area contributed by atoms with Crippen LogP contribution in [-0.2, 0) is 11.3 Å². The van der Waals surface area contributed by atoms with Gasteiger partial charge < -0.3 is 10.1 Å². The highest BCUT2D eigenvalue weighted by Crippen LogP contribution is 2.21. The molecule has 0 saturated heterocycles. The third-order valence-corrected chi connectivity index (χ3v) is 2.86. The van der Waals surface area contributed by atoms with Crippen LogP contribution in [0.3, 0.4) is 0 Å². The van der Waals surface area contributed by atoms with Crippen molar-refractivity contribution in [1.82, 2.24) is 15.3 Å². The summed E-state index contributed by atoms with van der Waals surface area (Å²) in [5.41, 5.74) is 2.04. The molecule has 0 aliphatic heterocycles. The minimum absolute atomic E-state index is 0.220. The first kappa shape index (κ1) is 13.6.